The number of aromatic nitrogens is 6. The highest BCUT2D eigenvalue weighted by Crippen LogP contribution is 2.33. The van der Waals surface area contributed by atoms with Crippen LogP contribution in [0.3, 0.4) is 0 Å². The molecule has 0 bridgehead atoms. The minimum atomic E-state index is 0.214. The lowest BCUT2D eigenvalue weighted by Gasteiger charge is -2.37. The molecule has 0 amide bonds. The Kier molecular flexibility index (Phi) is 4.45. The van der Waals surface area contributed by atoms with E-state index in [0.29, 0.717) is 23.3 Å². The van der Waals surface area contributed by atoms with E-state index in [9.17, 15) is 0 Å². The van der Waals surface area contributed by atoms with Crippen molar-refractivity contribution in [3.8, 4) is 5.75 Å². The van der Waals surface area contributed by atoms with Crippen molar-refractivity contribution in [3.63, 3.8) is 0 Å². The Hall–Kier alpha value is -3.36. The van der Waals surface area contributed by atoms with Gasteiger partial charge in [0.05, 0.1) is 19.0 Å². The summed E-state index contributed by atoms with van der Waals surface area (Å²) in [4.78, 5) is 11.8. The van der Waals surface area contributed by atoms with Gasteiger partial charge < -0.3 is 15.4 Å². The maximum absolute atomic E-state index is 6.22. The fraction of sp³-hybridized carbons (Fsp3) is 0.429. The number of nitrogens with zero attached hydrogens (tertiary/aromatic N) is 7. The van der Waals surface area contributed by atoms with Crippen molar-refractivity contribution in [2.45, 2.75) is 45.2 Å². The predicted octanol–water partition coefficient (Wildman–Crippen LogP) is 2.86. The minimum Gasteiger partial charge on any atom is -0.494 e. The van der Waals surface area contributed by atoms with Crippen LogP contribution < -0.4 is 15.4 Å². The van der Waals surface area contributed by atoms with E-state index in [1.807, 2.05) is 29.1 Å². The highest BCUT2D eigenvalue weighted by atomic mass is 16.5. The summed E-state index contributed by atoms with van der Waals surface area (Å²) < 4.78 is 9.06. The van der Waals surface area contributed by atoms with Crippen molar-refractivity contribution in [1.82, 2.24) is 29.4 Å². The van der Waals surface area contributed by atoms with Gasteiger partial charge in [-0.15, -0.1) is 5.10 Å². The molecule has 1 aliphatic rings. The fourth-order valence-electron chi connectivity index (χ4n) is 4.33. The molecular formula is C21H26N8O. The number of fused-ring (bicyclic) bond motifs is 3. The fourth-order valence-corrected chi connectivity index (χ4v) is 4.33. The third kappa shape index (κ3) is 2.92. The summed E-state index contributed by atoms with van der Waals surface area (Å²) in [6.07, 6.45) is 6.16. The third-order valence-corrected chi connectivity index (χ3v) is 6.05. The van der Waals surface area contributed by atoms with Gasteiger partial charge in [-0.2, -0.15) is 9.61 Å². The van der Waals surface area contributed by atoms with Gasteiger partial charge >= 0.3 is 0 Å². The smallest absolute Gasteiger partial charge is 0.223 e. The largest absolute Gasteiger partial charge is 0.494 e. The van der Waals surface area contributed by atoms with E-state index in [1.54, 1.807) is 11.6 Å². The molecule has 4 aromatic rings. The zero-order chi connectivity index (χ0) is 20.8. The Morgan fingerprint density at radius 3 is 2.87 bits per heavy atom. The highest BCUT2D eigenvalue weighted by Gasteiger charge is 2.30. The molecule has 2 atom stereocenters. The average Bonchev–Trinajstić information content (AvgIpc) is 3.42. The quantitative estimate of drug-likeness (QED) is 0.556. The molecule has 2 N–H and O–H groups in total. The van der Waals surface area contributed by atoms with Crippen LogP contribution >= 0.6 is 0 Å². The lowest BCUT2D eigenvalue weighted by Crippen LogP contribution is -2.41. The SMILES string of the molecule is CCn1cc(N2C[C@H](c3nc4c5cccc(OC)c5nc(N)n4n3)CC[C@H]2C)cn1. The van der Waals surface area contributed by atoms with Gasteiger partial charge in [-0.05, 0) is 38.8 Å². The van der Waals surface area contributed by atoms with Gasteiger partial charge in [0.15, 0.2) is 11.5 Å². The van der Waals surface area contributed by atoms with Crippen molar-refractivity contribution in [3.05, 3.63) is 36.4 Å². The molecule has 0 unspecified atom stereocenters. The van der Waals surface area contributed by atoms with E-state index < -0.39 is 0 Å². The molecule has 156 valence electrons. The monoisotopic (exact) mass is 406 g/mol. The normalized spacial score (nSPS) is 19.6. The van der Waals surface area contributed by atoms with E-state index >= 15 is 0 Å². The number of nitrogen functional groups attached to an aromatic ring is 1. The Labute approximate surface area is 174 Å². The molecule has 4 heterocycles. The van der Waals surface area contributed by atoms with Crippen molar-refractivity contribution < 1.29 is 4.74 Å². The Balaban J connectivity index is 1.54. The molecule has 1 saturated heterocycles. The standard InChI is InChI=1S/C21H26N8O/c1-4-27-12-15(10-23-27)28-11-14(9-8-13(28)2)19-25-20-16-6-5-7-17(30-3)18(16)24-21(22)29(20)26-19/h5-7,10,12-14H,4,8-9,11H2,1-3H3,(H2,22,24)/t13-,14-/m1/s1. The van der Waals surface area contributed by atoms with Crippen LogP contribution in [-0.2, 0) is 6.54 Å². The first-order chi connectivity index (χ1) is 14.6. The minimum absolute atomic E-state index is 0.214. The molecular weight excluding hydrogens is 380 g/mol. The van der Waals surface area contributed by atoms with Crippen LogP contribution in [0.5, 0.6) is 5.75 Å². The first kappa shape index (κ1) is 18.7. The number of ether oxygens (including phenoxy) is 1. The average molecular weight is 406 g/mol. The summed E-state index contributed by atoms with van der Waals surface area (Å²) in [6.45, 7) is 6.07. The molecule has 30 heavy (non-hydrogen) atoms. The van der Waals surface area contributed by atoms with Gasteiger partial charge in [0, 0.05) is 36.6 Å². The molecule has 9 heteroatoms. The summed E-state index contributed by atoms with van der Waals surface area (Å²) in [5.74, 6) is 2.01. The molecule has 0 saturated carbocycles. The lowest BCUT2D eigenvalue weighted by atomic mass is 9.92. The lowest BCUT2D eigenvalue weighted by molar-refractivity contribution is 0.419. The number of aryl methyl sites for hydroxylation is 1. The van der Waals surface area contributed by atoms with Gasteiger partial charge in [-0.1, -0.05) is 6.07 Å². The number of anilines is 2. The molecule has 1 aromatic carbocycles. The topological polar surface area (TPSA) is 99.4 Å². The van der Waals surface area contributed by atoms with Crippen LogP contribution in [0.15, 0.2) is 30.6 Å². The number of piperidine rings is 1. The number of hydrogen-bond donors (Lipinski definition) is 1. The second-order valence-electron chi connectivity index (χ2n) is 7.86. The highest BCUT2D eigenvalue weighted by molar-refractivity contribution is 5.95. The maximum atomic E-state index is 6.22. The van der Waals surface area contributed by atoms with Gasteiger partial charge in [0.25, 0.3) is 0 Å². The van der Waals surface area contributed by atoms with E-state index in [0.717, 1.165) is 48.5 Å². The molecule has 5 rings (SSSR count). The molecule has 1 fully saturated rings. The van der Waals surface area contributed by atoms with Crippen LogP contribution in [-0.4, -0.2) is 49.1 Å². The summed E-state index contributed by atoms with van der Waals surface area (Å²) >= 11 is 0. The maximum Gasteiger partial charge on any atom is 0.223 e. The molecule has 9 nitrogen and oxygen atoms in total. The first-order valence-electron chi connectivity index (χ1n) is 10.4. The van der Waals surface area contributed by atoms with Gasteiger partial charge in [0.2, 0.25) is 5.95 Å². The third-order valence-electron chi connectivity index (χ3n) is 6.05. The summed E-state index contributed by atoms with van der Waals surface area (Å²) in [7, 11) is 1.63. The summed E-state index contributed by atoms with van der Waals surface area (Å²) in [6, 6.07) is 6.24. The number of benzene rings is 1. The Morgan fingerprint density at radius 1 is 1.23 bits per heavy atom. The first-order valence-corrected chi connectivity index (χ1v) is 10.4. The zero-order valence-corrected chi connectivity index (χ0v) is 17.5. The molecule has 0 aliphatic carbocycles. The van der Waals surface area contributed by atoms with E-state index in [2.05, 4.69) is 35.0 Å². The predicted molar refractivity (Wildman–Crippen MR) is 116 cm³/mol. The number of para-hydroxylation sites is 1. The number of rotatable bonds is 4. The summed E-state index contributed by atoms with van der Waals surface area (Å²) in [5, 5.41) is 10.1. The second-order valence-corrected chi connectivity index (χ2v) is 7.86. The second kappa shape index (κ2) is 7.16. The molecule has 0 spiro atoms. The van der Waals surface area contributed by atoms with Crippen LogP contribution in [0.4, 0.5) is 11.6 Å². The van der Waals surface area contributed by atoms with Crippen LogP contribution in [0, 0.1) is 0 Å². The van der Waals surface area contributed by atoms with Crippen molar-refractivity contribution in [1.29, 1.82) is 0 Å². The van der Waals surface area contributed by atoms with Crippen LogP contribution in [0.25, 0.3) is 16.6 Å². The number of hydrogen-bond acceptors (Lipinski definition) is 7. The molecule has 1 aliphatic heterocycles. The van der Waals surface area contributed by atoms with Crippen molar-refractivity contribution in [2.24, 2.45) is 0 Å². The van der Waals surface area contributed by atoms with Crippen LogP contribution in [0.1, 0.15) is 38.4 Å². The number of nitrogens with two attached hydrogens (primary N) is 1. The summed E-state index contributed by atoms with van der Waals surface area (Å²) in [5.41, 5.74) is 8.79. The molecule has 3 aromatic heterocycles. The van der Waals surface area contributed by atoms with Gasteiger partial charge in [-0.25, -0.2) is 9.97 Å². The van der Waals surface area contributed by atoms with Gasteiger partial charge in [-0.3, -0.25) is 4.68 Å². The Bertz CT molecular complexity index is 1210. The van der Waals surface area contributed by atoms with E-state index in [4.69, 9.17) is 20.6 Å². The molecule has 0 radical (unpaired) electrons. The van der Waals surface area contributed by atoms with Crippen molar-refractivity contribution in [2.75, 3.05) is 24.3 Å². The zero-order valence-electron chi connectivity index (χ0n) is 17.5. The van der Waals surface area contributed by atoms with E-state index in [1.165, 1.54) is 0 Å². The van der Waals surface area contributed by atoms with Crippen molar-refractivity contribution >= 4 is 28.2 Å². The van der Waals surface area contributed by atoms with Crippen LogP contribution in [0.2, 0.25) is 0 Å². The van der Waals surface area contributed by atoms with E-state index in [-0.39, 0.29) is 5.92 Å². The number of methoxy groups -OCH3 is 1. The van der Waals surface area contributed by atoms with Gasteiger partial charge in [0.1, 0.15) is 11.3 Å². The Morgan fingerprint density at radius 2 is 2.10 bits per heavy atom.